The topological polar surface area (TPSA) is 49.3 Å². The molecule has 0 atom stereocenters. The van der Waals surface area contributed by atoms with Crippen molar-refractivity contribution < 1.29 is 18.7 Å². The summed E-state index contributed by atoms with van der Waals surface area (Å²) in [7, 11) is 0. The maximum atomic E-state index is 13.5. The molecule has 2 N–H and O–H groups in total. The van der Waals surface area contributed by atoms with Crippen LogP contribution in [0, 0.1) is 11.6 Å². The highest BCUT2D eigenvalue weighted by Gasteiger charge is 2.24. The Morgan fingerprint density at radius 2 is 2.06 bits per heavy atom. The lowest BCUT2D eigenvalue weighted by Crippen LogP contribution is -2.36. The van der Waals surface area contributed by atoms with Crippen LogP contribution < -0.4 is 5.32 Å². The predicted molar refractivity (Wildman–Crippen MR) is 59.9 cm³/mol. The van der Waals surface area contributed by atoms with Gasteiger partial charge in [-0.2, -0.15) is 0 Å². The Kier molecular flexibility index (Phi) is 4.17. The first-order valence-corrected chi connectivity index (χ1v) is 5.21. The number of carboxylic acid groups (broad SMARTS) is 1. The van der Waals surface area contributed by atoms with Gasteiger partial charge >= 0.3 is 5.97 Å². The number of benzene rings is 1. The van der Waals surface area contributed by atoms with Crippen molar-refractivity contribution in [3.63, 3.8) is 0 Å². The zero-order valence-corrected chi connectivity index (χ0v) is 9.76. The number of rotatable bonds is 5. The maximum Gasteiger partial charge on any atom is 0.317 e. The Morgan fingerprint density at radius 3 is 2.65 bits per heavy atom. The first-order valence-electron chi connectivity index (χ1n) is 5.21. The summed E-state index contributed by atoms with van der Waals surface area (Å²) < 4.78 is 26.6. The van der Waals surface area contributed by atoms with Crippen molar-refractivity contribution in [3.8, 4) is 0 Å². The van der Waals surface area contributed by atoms with Crippen LogP contribution in [-0.4, -0.2) is 24.2 Å². The van der Waals surface area contributed by atoms with Crippen LogP contribution in [0.4, 0.5) is 8.78 Å². The summed E-state index contributed by atoms with van der Waals surface area (Å²) in [5.41, 5.74) is -0.447. The van der Waals surface area contributed by atoms with E-state index in [-0.39, 0.29) is 18.7 Å². The third kappa shape index (κ3) is 3.78. The molecule has 0 spiro atoms. The van der Waals surface area contributed by atoms with E-state index in [1.54, 1.807) is 13.8 Å². The molecular formula is C12H15F2NO2. The minimum absolute atomic E-state index is 0.208. The molecule has 0 aliphatic carbocycles. The van der Waals surface area contributed by atoms with E-state index in [4.69, 9.17) is 5.11 Å². The van der Waals surface area contributed by atoms with E-state index >= 15 is 0 Å². The number of carboxylic acids is 1. The molecule has 3 nitrogen and oxygen atoms in total. The molecule has 0 unspecified atom stereocenters. The Bertz CT molecular complexity index is 419. The number of carbonyl (C=O) groups is 1. The standard InChI is InChI=1S/C12H15F2NO2/c1-12(2,7-15-6-11(16)17)9-5-8(13)3-4-10(9)14/h3-5,15H,6-7H2,1-2H3,(H,16,17). The molecule has 0 aliphatic heterocycles. The maximum absolute atomic E-state index is 13.5. The third-order valence-electron chi connectivity index (χ3n) is 2.50. The molecule has 17 heavy (non-hydrogen) atoms. The molecule has 0 amide bonds. The van der Waals surface area contributed by atoms with Gasteiger partial charge in [-0.3, -0.25) is 4.79 Å². The van der Waals surface area contributed by atoms with Gasteiger partial charge in [0.05, 0.1) is 6.54 Å². The van der Waals surface area contributed by atoms with Crippen molar-refractivity contribution in [2.45, 2.75) is 19.3 Å². The Labute approximate surface area is 98.5 Å². The normalized spacial score (nSPS) is 11.5. The molecule has 0 bridgehead atoms. The SMILES string of the molecule is CC(C)(CNCC(=O)O)c1cc(F)ccc1F. The van der Waals surface area contributed by atoms with E-state index in [1.807, 2.05) is 0 Å². The van der Waals surface area contributed by atoms with E-state index in [0.717, 1.165) is 18.2 Å². The van der Waals surface area contributed by atoms with Crippen molar-refractivity contribution in [3.05, 3.63) is 35.4 Å². The van der Waals surface area contributed by atoms with E-state index in [2.05, 4.69) is 5.32 Å². The van der Waals surface area contributed by atoms with Gasteiger partial charge in [0.2, 0.25) is 0 Å². The summed E-state index contributed by atoms with van der Waals surface area (Å²) in [6.45, 7) is 3.49. The Hall–Kier alpha value is -1.49. The van der Waals surface area contributed by atoms with Crippen molar-refractivity contribution in [2.24, 2.45) is 0 Å². The zero-order chi connectivity index (χ0) is 13.1. The van der Waals surface area contributed by atoms with Crippen molar-refractivity contribution >= 4 is 5.97 Å². The molecule has 0 saturated carbocycles. The van der Waals surface area contributed by atoms with Gasteiger partial charge < -0.3 is 10.4 Å². The molecule has 0 saturated heterocycles. The van der Waals surface area contributed by atoms with Gasteiger partial charge in [0.1, 0.15) is 11.6 Å². The van der Waals surface area contributed by atoms with E-state index in [0.29, 0.717) is 0 Å². The molecule has 0 fully saturated rings. The smallest absolute Gasteiger partial charge is 0.317 e. The van der Waals surface area contributed by atoms with E-state index in [1.165, 1.54) is 0 Å². The number of halogens is 2. The monoisotopic (exact) mass is 243 g/mol. The van der Waals surface area contributed by atoms with Gasteiger partial charge in [-0.15, -0.1) is 0 Å². The summed E-state index contributed by atoms with van der Waals surface area (Å²) in [5, 5.41) is 11.2. The largest absolute Gasteiger partial charge is 0.480 e. The van der Waals surface area contributed by atoms with Gasteiger partial charge in [0.15, 0.2) is 0 Å². The zero-order valence-electron chi connectivity index (χ0n) is 9.76. The first kappa shape index (κ1) is 13.6. The molecule has 5 heteroatoms. The number of aliphatic carboxylic acids is 1. The van der Waals surface area contributed by atoms with Gasteiger partial charge in [0.25, 0.3) is 0 Å². The van der Waals surface area contributed by atoms with Crippen LogP contribution in [0.15, 0.2) is 18.2 Å². The van der Waals surface area contributed by atoms with Crippen LogP contribution in [0.5, 0.6) is 0 Å². The lowest BCUT2D eigenvalue weighted by molar-refractivity contribution is -0.136. The van der Waals surface area contributed by atoms with Crippen molar-refractivity contribution in [1.82, 2.24) is 5.32 Å². The van der Waals surface area contributed by atoms with Crippen LogP contribution in [-0.2, 0) is 10.2 Å². The van der Waals surface area contributed by atoms with Crippen LogP contribution in [0.3, 0.4) is 0 Å². The summed E-state index contributed by atoms with van der Waals surface area (Å²) >= 11 is 0. The number of hydrogen-bond acceptors (Lipinski definition) is 2. The van der Waals surface area contributed by atoms with Crippen LogP contribution >= 0.6 is 0 Å². The first-order chi connectivity index (χ1) is 7.83. The van der Waals surface area contributed by atoms with Crippen molar-refractivity contribution in [1.29, 1.82) is 0 Å². The second-order valence-corrected chi connectivity index (χ2v) is 4.51. The lowest BCUT2D eigenvalue weighted by Gasteiger charge is -2.26. The average molecular weight is 243 g/mol. The highest BCUT2D eigenvalue weighted by atomic mass is 19.1. The summed E-state index contributed by atoms with van der Waals surface area (Å²) in [6, 6.07) is 3.26. The average Bonchev–Trinajstić information content (AvgIpc) is 2.20. The minimum atomic E-state index is -0.986. The fourth-order valence-electron chi connectivity index (χ4n) is 1.59. The summed E-state index contributed by atoms with van der Waals surface area (Å²) in [4.78, 5) is 10.3. The highest BCUT2D eigenvalue weighted by Crippen LogP contribution is 2.25. The highest BCUT2D eigenvalue weighted by molar-refractivity contribution is 5.69. The molecule has 0 heterocycles. The molecular weight excluding hydrogens is 228 g/mol. The van der Waals surface area contributed by atoms with E-state index in [9.17, 15) is 13.6 Å². The van der Waals surface area contributed by atoms with Gasteiger partial charge in [-0.1, -0.05) is 13.8 Å². The molecule has 1 rings (SSSR count). The predicted octanol–water partition coefficient (Wildman–Crippen LogP) is 1.92. The molecule has 0 aromatic heterocycles. The molecule has 94 valence electrons. The van der Waals surface area contributed by atoms with Crippen molar-refractivity contribution in [2.75, 3.05) is 13.1 Å². The Balaban J connectivity index is 2.81. The quantitative estimate of drug-likeness (QED) is 0.830. The van der Waals surface area contributed by atoms with Gasteiger partial charge in [0, 0.05) is 12.0 Å². The molecule has 0 radical (unpaired) electrons. The lowest BCUT2D eigenvalue weighted by atomic mass is 9.84. The second kappa shape index (κ2) is 5.23. The van der Waals surface area contributed by atoms with Gasteiger partial charge in [-0.25, -0.2) is 8.78 Å². The number of hydrogen-bond donors (Lipinski definition) is 2. The molecule has 1 aromatic carbocycles. The molecule has 1 aromatic rings. The summed E-state index contributed by atoms with van der Waals surface area (Å²) in [5.74, 6) is -1.98. The minimum Gasteiger partial charge on any atom is -0.480 e. The Morgan fingerprint density at radius 1 is 1.41 bits per heavy atom. The fourth-order valence-corrected chi connectivity index (χ4v) is 1.59. The summed E-state index contributed by atoms with van der Waals surface area (Å²) in [6.07, 6.45) is 0. The van der Waals surface area contributed by atoms with E-state index < -0.39 is 23.0 Å². The van der Waals surface area contributed by atoms with Crippen LogP contribution in [0.25, 0.3) is 0 Å². The van der Waals surface area contributed by atoms with Gasteiger partial charge in [-0.05, 0) is 23.8 Å². The fraction of sp³-hybridized carbons (Fsp3) is 0.417. The van der Waals surface area contributed by atoms with Crippen LogP contribution in [0.2, 0.25) is 0 Å². The third-order valence-corrected chi connectivity index (χ3v) is 2.50. The van der Waals surface area contributed by atoms with Crippen LogP contribution in [0.1, 0.15) is 19.4 Å². The second-order valence-electron chi connectivity index (χ2n) is 4.51. The molecule has 0 aliphatic rings. The number of nitrogens with one attached hydrogen (secondary N) is 1.